The van der Waals surface area contributed by atoms with Crippen LogP contribution in [0.1, 0.15) is 23.0 Å². The van der Waals surface area contributed by atoms with Gasteiger partial charge in [-0.2, -0.15) is 0 Å². The predicted octanol–water partition coefficient (Wildman–Crippen LogP) is 4.61. The number of halogens is 1. The van der Waals surface area contributed by atoms with Gasteiger partial charge in [0.25, 0.3) is 0 Å². The number of hydrogen-bond acceptors (Lipinski definition) is 2. The Labute approximate surface area is 113 Å². The van der Waals surface area contributed by atoms with Crippen molar-refractivity contribution in [1.82, 2.24) is 0 Å². The maximum atomic E-state index is 11.5. The zero-order valence-electron chi connectivity index (χ0n) is 8.87. The first-order chi connectivity index (χ1) is 7.70. The van der Waals surface area contributed by atoms with E-state index in [0.29, 0.717) is 6.42 Å². The molecule has 16 heavy (non-hydrogen) atoms. The maximum Gasteiger partial charge on any atom is 0.172 e. The summed E-state index contributed by atoms with van der Waals surface area (Å²) in [4.78, 5) is 13.6. The van der Waals surface area contributed by atoms with Gasteiger partial charge in [0.1, 0.15) is 0 Å². The highest BCUT2D eigenvalue weighted by atomic mass is 127. The second kappa shape index (κ2) is 5.10. The van der Waals surface area contributed by atoms with E-state index in [4.69, 9.17) is 0 Å². The summed E-state index contributed by atoms with van der Waals surface area (Å²) in [6, 6.07) is 12.3. The lowest BCUT2D eigenvalue weighted by Crippen LogP contribution is -1.90. The van der Waals surface area contributed by atoms with Gasteiger partial charge in [0.15, 0.2) is 5.78 Å². The lowest BCUT2D eigenvalue weighted by Gasteiger charge is -1.97. The number of thiophene rings is 1. The highest BCUT2D eigenvalue weighted by Crippen LogP contribution is 2.29. The topological polar surface area (TPSA) is 17.1 Å². The molecule has 3 heteroatoms. The van der Waals surface area contributed by atoms with Crippen molar-refractivity contribution in [3.05, 3.63) is 44.8 Å². The van der Waals surface area contributed by atoms with Gasteiger partial charge in [-0.1, -0.05) is 19.1 Å². The largest absolute Gasteiger partial charge is 0.293 e. The minimum Gasteiger partial charge on any atom is -0.293 e. The van der Waals surface area contributed by atoms with Gasteiger partial charge in [-0.3, -0.25) is 4.79 Å². The molecule has 2 aromatic rings. The molecule has 0 aliphatic rings. The fraction of sp³-hybridized carbons (Fsp3) is 0.154. The van der Waals surface area contributed by atoms with Crippen molar-refractivity contribution in [2.45, 2.75) is 13.3 Å². The van der Waals surface area contributed by atoms with Crippen LogP contribution >= 0.6 is 33.9 Å². The summed E-state index contributed by atoms with van der Waals surface area (Å²) in [6.45, 7) is 1.90. The Kier molecular flexibility index (Phi) is 3.76. The molecule has 0 aliphatic carbocycles. The van der Waals surface area contributed by atoms with Gasteiger partial charge >= 0.3 is 0 Å². The smallest absolute Gasteiger partial charge is 0.172 e. The Hall–Kier alpha value is -0.680. The van der Waals surface area contributed by atoms with E-state index in [1.165, 1.54) is 9.13 Å². The average Bonchev–Trinajstić information content (AvgIpc) is 2.77. The van der Waals surface area contributed by atoms with E-state index >= 15 is 0 Å². The van der Waals surface area contributed by atoms with Crippen LogP contribution in [0.15, 0.2) is 36.4 Å². The standard InChI is InChI=1S/C13H11IOS/c1-2-11(15)13-7-6-12(16-13)9-4-3-5-10(14)8-9/h3-8H,2H2,1H3. The van der Waals surface area contributed by atoms with E-state index in [1.807, 2.05) is 25.1 Å². The van der Waals surface area contributed by atoms with Gasteiger partial charge < -0.3 is 0 Å². The predicted molar refractivity (Wildman–Crippen MR) is 77.1 cm³/mol. The zero-order chi connectivity index (χ0) is 11.5. The van der Waals surface area contributed by atoms with Crippen LogP contribution in [-0.2, 0) is 0 Å². The molecular weight excluding hydrogens is 331 g/mol. The van der Waals surface area contributed by atoms with Crippen molar-refractivity contribution >= 4 is 39.7 Å². The highest BCUT2D eigenvalue weighted by Gasteiger charge is 2.08. The quantitative estimate of drug-likeness (QED) is 0.588. The molecule has 2 rings (SSSR count). The maximum absolute atomic E-state index is 11.5. The molecule has 0 radical (unpaired) electrons. The van der Waals surface area contributed by atoms with Gasteiger partial charge in [0.2, 0.25) is 0 Å². The summed E-state index contributed by atoms with van der Waals surface area (Å²) < 4.78 is 1.21. The summed E-state index contributed by atoms with van der Waals surface area (Å²) >= 11 is 3.87. The number of rotatable bonds is 3. The summed E-state index contributed by atoms with van der Waals surface area (Å²) in [7, 11) is 0. The number of hydrogen-bond donors (Lipinski definition) is 0. The van der Waals surface area contributed by atoms with E-state index in [0.717, 1.165) is 9.75 Å². The van der Waals surface area contributed by atoms with Crippen LogP contribution in [0.5, 0.6) is 0 Å². The van der Waals surface area contributed by atoms with Crippen LogP contribution in [0, 0.1) is 3.57 Å². The zero-order valence-corrected chi connectivity index (χ0v) is 11.8. The number of benzene rings is 1. The molecule has 0 aliphatic heterocycles. The van der Waals surface area contributed by atoms with Gasteiger partial charge in [-0.05, 0) is 52.4 Å². The van der Waals surface area contributed by atoms with E-state index in [9.17, 15) is 4.79 Å². The fourth-order valence-corrected chi connectivity index (χ4v) is 3.01. The van der Waals surface area contributed by atoms with Crippen LogP contribution < -0.4 is 0 Å². The second-order valence-corrected chi connectivity index (χ2v) is 5.78. The van der Waals surface area contributed by atoms with Crippen LogP contribution in [0.25, 0.3) is 10.4 Å². The van der Waals surface area contributed by atoms with Crippen LogP contribution in [0.4, 0.5) is 0 Å². The van der Waals surface area contributed by atoms with Crippen molar-refractivity contribution in [2.24, 2.45) is 0 Å². The third-order valence-electron chi connectivity index (χ3n) is 2.31. The monoisotopic (exact) mass is 342 g/mol. The molecule has 0 N–H and O–H groups in total. The molecule has 0 saturated carbocycles. The van der Waals surface area contributed by atoms with Crippen molar-refractivity contribution in [1.29, 1.82) is 0 Å². The summed E-state index contributed by atoms with van der Waals surface area (Å²) in [6.07, 6.45) is 0.576. The van der Waals surface area contributed by atoms with E-state index in [-0.39, 0.29) is 5.78 Å². The van der Waals surface area contributed by atoms with E-state index < -0.39 is 0 Å². The molecule has 1 aromatic heterocycles. The highest BCUT2D eigenvalue weighted by molar-refractivity contribution is 14.1. The molecule has 1 nitrogen and oxygen atoms in total. The first-order valence-corrected chi connectivity index (χ1v) is 6.99. The van der Waals surface area contributed by atoms with Crippen LogP contribution in [0.2, 0.25) is 0 Å². The SMILES string of the molecule is CCC(=O)c1ccc(-c2cccc(I)c2)s1. The van der Waals surface area contributed by atoms with Gasteiger partial charge in [-0.25, -0.2) is 0 Å². The van der Waals surface area contributed by atoms with Gasteiger partial charge in [0, 0.05) is 14.9 Å². The Morgan fingerprint density at radius 2 is 2.12 bits per heavy atom. The first kappa shape index (κ1) is 11.8. The minimum absolute atomic E-state index is 0.224. The molecule has 0 amide bonds. The van der Waals surface area contributed by atoms with E-state index in [1.54, 1.807) is 11.3 Å². The molecule has 0 fully saturated rings. The normalized spacial score (nSPS) is 10.4. The molecule has 0 bridgehead atoms. The Morgan fingerprint density at radius 3 is 2.81 bits per heavy atom. The third kappa shape index (κ3) is 2.52. The summed E-state index contributed by atoms with van der Waals surface area (Å²) in [5.41, 5.74) is 1.19. The summed E-state index contributed by atoms with van der Waals surface area (Å²) in [5.74, 6) is 0.224. The Bertz CT molecular complexity index is 516. The Balaban J connectivity index is 2.35. The number of carbonyl (C=O) groups excluding carboxylic acids is 1. The van der Waals surface area contributed by atoms with Gasteiger partial charge in [-0.15, -0.1) is 11.3 Å². The molecule has 0 spiro atoms. The molecule has 0 unspecified atom stereocenters. The molecule has 0 atom stereocenters. The number of ketones is 1. The lowest BCUT2D eigenvalue weighted by molar-refractivity contribution is 0.0992. The van der Waals surface area contributed by atoms with E-state index in [2.05, 4.69) is 40.8 Å². The van der Waals surface area contributed by atoms with Gasteiger partial charge in [0.05, 0.1) is 4.88 Å². The first-order valence-electron chi connectivity index (χ1n) is 5.09. The lowest BCUT2D eigenvalue weighted by atomic mass is 10.2. The summed E-state index contributed by atoms with van der Waals surface area (Å²) in [5, 5.41) is 0. The third-order valence-corrected chi connectivity index (χ3v) is 4.16. The number of carbonyl (C=O) groups is 1. The molecular formula is C13H11IOS. The molecule has 1 heterocycles. The Morgan fingerprint density at radius 1 is 1.31 bits per heavy atom. The van der Waals surface area contributed by atoms with Crippen LogP contribution in [0.3, 0.4) is 0 Å². The van der Waals surface area contributed by atoms with Crippen molar-refractivity contribution < 1.29 is 4.79 Å². The molecule has 82 valence electrons. The van der Waals surface area contributed by atoms with Crippen molar-refractivity contribution in [3.8, 4) is 10.4 Å². The number of Topliss-reactive ketones (excluding diaryl/α,β-unsaturated/α-hetero) is 1. The second-order valence-electron chi connectivity index (χ2n) is 3.45. The fourth-order valence-electron chi connectivity index (χ4n) is 1.46. The molecule has 0 saturated heterocycles. The molecule has 1 aromatic carbocycles. The minimum atomic E-state index is 0.224. The van der Waals surface area contributed by atoms with Crippen molar-refractivity contribution in [3.63, 3.8) is 0 Å². The van der Waals surface area contributed by atoms with Crippen LogP contribution in [-0.4, -0.2) is 5.78 Å². The van der Waals surface area contributed by atoms with Crippen molar-refractivity contribution in [2.75, 3.05) is 0 Å². The average molecular weight is 342 g/mol.